The second-order valence-electron chi connectivity index (χ2n) is 3.41. The Labute approximate surface area is 101 Å². The number of hydrogen-bond donors (Lipinski definition) is 4. The highest BCUT2D eigenvalue weighted by atomic mass is 16.2. The van der Waals surface area contributed by atoms with Crippen LogP contribution in [-0.4, -0.2) is 45.4 Å². The maximum absolute atomic E-state index is 11.4. The van der Waals surface area contributed by atoms with Crippen molar-refractivity contribution in [1.29, 1.82) is 0 Å². The zero-order valence-corrected chi connectivity index (χ0v) is 10.3. The molecule has 0 saturated carbocycles. The summed E-state index contributed by atoms with van der Waals surface area (Å²) in [6.45, 7) is 1.32. The second kappa shape index (κ2) is 8.57. The fourth-order valence-electron chi connectivity index (χ4n) is 1.19. The minimum absolute atomic E-state index is 0.149. The number of carbonyl (C=O) groups is 3. The monoisotopic (exact) mass is 241 g/mol. The first-order valence-corrected chi connectivity index (χ1v) is 5.28. The predicted molar refractivity (Wildman–Crippen MR) is 63.9 cm³/mol. The van der Waals surface area contributed by atoms with Crippen LogP contribution in [0.1, 0.15) is 19.8 Å². The van der Waals surface area contributed by atoms with Crippen LogP contribution in [-0.2, 0) is 14.4 Å². The molecule has 1 atom stereocenters. The van der Waals surface area contributed by atoms with E-state index in [2.05, 4.69) is 21.1 Å². The predicted octanol–water partition coefficient (Wildman–Crippen LogP) is -2.11. The van der Waals surface area contributed by atoms with Gasteiger partial charge >= 0.3 is 7.55 Å². The summed E-state index contributed by atoms with van der Waals surface area (Å²) in [4.78, 5) is 33.6. The van der Waals surface area contributed by atoms with Gasteiger partial charge in [0, 0.05) is 20.4 Å². The fraction of sp³-hybridized carbons (Fsp3) is 0.667. The minimum Gasteiger partial charge on any atom is -0.388 e. The van der Waals surface area contributed by atoms with Gasteiger partial charge in [0.25, 0.3) is 0 Å². The molecule has 7 nitrogen and oxygen atoms in total. The zero-order valence-electron chi connectivity index (χ0n) is 10.3. The molecule has 0 spiro atoms. The molecule has 0 aromatic carbocycles. The zero-order chi connectivity index (χ0) is 13.3. The SMILES string of the molecule is CN[B]NC(=O)CC[C@H](NC(C)=O)C(=O)NC. The molecule has 0 aliphatic heterocycles. The van der Waals surface area contributed by atoms with Gasteiger partial charge in [-0.3, -0.25) is 14.4 Å². The molecule has 1 radical (unpaired) electrons. The van der Waals surface area contributed by atoms with Crippen LogP contribution in [0.4, 0.5) is 0 Å². The number of carbonyl (C=O) groups excluding carboxylic acids is 3. The van der Waals surface area contributed by atoms with Gasteiger partial charge in [-0.2, -0.15) is 0 Å². The van der Waals surface area contributed by atoms with Crippen LogP contribution in [0.2, 0.25) is 0 Å². The van der Waals surface area contributed by atoms with Gasteiger partial charge in [0.1, 0.15) is 6.04 Å². The van der Waals surface area contributed by atoms with E-state index in [1.54, 1.807) is 7.05 Å². The Hall–Kier alpha value is -1.57. The standard InChI is InChI=1S/C9H18BN4O3/c1-6(15)13-7(9(17)11-2)4-5-8(16)14-10-12-3/h7,12H,4-5H2,1-3H3,(H,11,17)(H,13,15)(H,14,16)/t7-/m0/s1. The molecular formula is C9H18BN4O3. The lowest BCUT2D eigenvalue weighted by atomic mass is 10.1. The molecule has 0 aliphatic rings. The van der Waals surface area contributed by atoms with E-state index in [9.17, 15) is 14.4 Å². The van der Waals surface area contributed by atoms with Gasteiger partial charge in [-0.25, -0.2) is 0 Å². The summed E-state index contributed by atoms with van der Waals surface area (Å²) in [6, 6.07) is -0.683. The van der Waals surface area contributed by atoms with Crippen LogP contribution >= 0.6 is 0 Å². The third kappa shape index (κ3) is 7.34. The van der Waals surface area contributed by atoms with Crippen LogP contribution in [0.25, 0.3) is 0 Å². The van der Waals surface area contributed by atoms with Gasteiger partial charge in [-0.05, 0) is 13.5 Å². The van der Waals surface area contributed by atoms with Crippen molar-refractivity contribution in [3.63, 3.8) is 0 Å². The molecule has 0 heterocycles. The van der Waals surface area contributed by atoms with Crippen molar-refractivity contribution in [3.05, 3.63) is 0 Å². The van der Waals surface area contributed by atoms with Crippen LogP contribution in [0, 0.1) is 0 Å². The van der Waals surface area contributed by atoms with Gasteiger partial charge < -0.3 is 21.1 Å². The van der Waals surface area contributed by atoms with Crippen molar-refractivity contribution in [2.24, 2.45) is 0 Å². The number of likely N-dealkylation sites (N-methyl/N-ethyl adjacent to an activating group) is 1. The topological polar surface area (TPSA) is 99.3 Å². The first-order chi connectivity index (χ1) is 8.01. The summed E-state index contributed by atoms with van der Waals surface area (Å²) in [6.07, 6.45) is 0.402. The molecule has 0 aromatic rings. The lowest BCUT2D eigenvalue weighted by Gasteiger charge is -2.15. The van der Waals surface area contributed by atoms with E-state index in [1.807, 2.05) is 0 Å². The average Bonchev–Trinajstić information content (AvgIpc) is 2.30. The van der Waals surface area contributed by atoms with Crippen LogP contribution < -0.4 is 21.1 Å². The summed E-state index contributed by atoms with van der Waals surface area (Å²) >= 11 is 0. The first kappa shape index (κ1) is 15.4. The third-order valence-corrected chi connectivity index (χ3v) is 1.98. The molecule has 0 bridgehead atoms. The van der Waals surface area contributed by atoms with Crippen LogP contribution in [0.15, 0.2) is 0 Å². The Morgan fingerprint density at radius 2 is 1.88 bits per heavy atom. The number of hydrogen-bond acceptors (Lipinski definition) is 4. The Morgan fingerprint density at radius 3 is 2.35 bits per heavy atom. The lowest BCUT2D eigenvalue weighted by molar-refractivity contribution is -0.128. The summed E-state index contributed by atoms with van der Waals surface area (Å²) < 4.78 is 0. The fourth-order valence-corrected chi connectivity index (χ4v) is 1.19. The highest BCUT2D eigenvalue weighted by molar-refractivity contribution is 6.33. The minimum atomic E-state index is -0.683. The van der Waals surface area contributed by atoms with Gasteiger partial charge in [0.15, 0.2) is 0 Å². The van der Waals surface area contributed by atoms with E-state index in [1.165, 1.54) is 21.5 Å². The van der Waals surface area contributed by atoms with E-state index in [0.29, 0.717) is 0 Å². The molecule has 4 N–H and O–H groups in total. The van der Waals surface area contributed by atoms with Crippen LogP contribution in [0.5, 0.6) is 0 Å². The Bertz CT molecular complexity index is 285. The number of rotatable bonds is 7. The van der Waals surface area contributed by atoms with Crippen molar-refractivity contribution in [1.82, 2.24) is 21.1 Å². The molecule has 8 heteroatoms. The molecule has 0 unspecified atom stereocenters. The molecule has 0 aliphatic carbocycles. The van der Waals surface area contributed by atoms with Crippen molar-refractivity contribution < 1.29 is 14.4 Å². The van der Waals surface area contributed by atoms with Crippen LogP contribution in [0.3, 0.4) is 0 Å². The second-order valence-corrected chi connectivity index (χ2v) is 3.41. The van der Waals surface area contributed by atoms with Gasteiger partial charge in [0.2, 0.25) is 17.7 Å². The van der Waals surface area contributed by atoms with Gasteiger partial charge in [0.05, 0.1) is 0 Å². The third-order valence-electron chi connectivity index (χ3n) is 1.98. The maximum atomic E-state index is 11.4. The molecule has 17 heavy (non-hydrogen) atoms. The molecule has 0 aromatic heterocycles. The summed E-state index contributed by atoms with van der Waals surface area (Å²) in [7, 11) is 4.53. The normalized spacial score (nSPS) is 11.2. The van der Waals surface area contributed by atoms with E-state index in [0.717, 1.165) is 0 Å². The van der Waals surface area contributed by atoms with E-state index in [4.69, 9.17) is 0 Å². The van der Waals surface area contributed by atoms with Crippen molar-refractivity contribution >= 4 is 25.3 Å². The number of amides is 3. The summed E-state index contributed by atoms with van der Waals surface area (Å²) in [5, 5.41) is 10.0. The molecule has 0 rings (SSSR count). The Kier molecular flexibility index (Phi) is 7.78. The quantitative estimate of drug-likeness (QED) is 0.383. The van der Waals surface area contributed by atoms with E-state index in [-0.39, 0.29) is 30.6 Å². The van der Waals surface area contributed by atoms with E-state index >= 15 is 0 Å². The molecule has 95 valence electrons. The van der Waals surface area contributed by atoms with Crippen molar-refractivity contribution in [2.45, 2.75) is 25.8 Å². The lowest BCUT2D eigenvalue weighted by Crippen LogP contribution is -2.45. The van der Waals surface area contributed by atoms with Crippen molar-refractivity contribution in [2.75, 3.05) is 14.1 Å². The summed E-state index contributed by atoms with van der Waals surface area (Å²) in [5.41, 5.74) is 0. The maximum Gasteiger partial charge on any atom is 0.348 e. The van der Waals surface area contributed by atoms with E-state index < -0.39 is 6.04 Å². The number of nitrogens with one attached hydrogen (secondary N) is 4. The molecule has 0 fully saturated rings. The smallest absolute Gasteiger partial charge is 0.348 e. The molecule has 3 amide bonds. The van der Waals surface area contributed by atoms with Crippen molar-refractivity contribution in [3.8, 4) is 0 Å². The molecular weight excluding hydrogens is 223 g/mol. The Morgan fingerprint density at radius 1 is 1.24 bits per heavy atom. The highest BCUT2D eigenvalue weighted by Crippen LogP contribution is 1.97. The van der Waals surface area contributed by atoms with Gasteiger partial charge in [-0.15, -0.1) is 0 Å². The highest BCUT2D eigenvalue weighted by Gasteiger charge is 2.18. The molecule has 0 saturated heterocycles. The van der Waals surface area contributed by atoms with Gasteiger partial charge in [-0.1, -0.05) is 0 Å². The first-order valence-electron chi connectivity index (χ1n) is 5.28. The Balaban J connectivity index is 4.11. The average molecular weight is 241 g/mol. The summed E-state index contributed by atoms with van der Waals surface area (Å²) in [5.74, 6) is -0.843. The largest absolute Gasteiger partial charge is 0.388 e.